The van der Waals surface area contributed by atoms with E-state index in [0.29, 0.717) is 5.02 Å². The van der Waals surface area contributed by atoms with E-state index in [1.165, 1.54) is 0 Å². The minimum Gasteiger partial charge on any atom is -0.322 e. The van der Waals surface area contributed by atoms with Crippen LogP contribution in [0.3, 0.4) is 0 Å². The second-order valence-electron chi connectivity index (χ2n) is 4.64. The molecular weight excluding hydrogens is 290 g/mol. The van der Waals surface area contributed by atoms with Gasteiger partial charge in [0.1, 0.15) is 5.37 Å². The monoisotopic (exact) mass is 303 g/mol. The number of carbonyl (C=O) groups is 1. The van der Waals surface area contributed by atoms with E-state index in [4.69, 9.17) is 11.6 Å². The highest BCUT2D eigenvalue weighted by Crippen LogP contribution is 2.39. The molecular formula is C16H14ClNOS. The molecule has 1 aliphatic rings. The maximum absolute atomic E-state index is 12.6. The molecule has 1 heterocycles. The zero-order chi connectivity index (χ0) is 13.9. The smallest absolute Gasteiger partial charge is 0.255 e. The molecule has 0 aliphatic carbocycles. The van der Waals surface area contributed by atoms with Crippen LogP contribution >= 0.6 is 23.4 Å². The van der Waals surface area contributed by atoms with Crippen molar-refractivity contribution in [2.75, 3.05) is 12.3 Å². The van der Waals surface area contributed by atoms with Gasteiger partial charge in [-0.05, 0) is 29.8 Å². The minimum atomic E-state index is 0.0569. The van der Waals surface area contributed by atoms with Gasteiger partial charge in [-0.25, -0.2) is 0 Å². The number of nitrogens with zero attached hydrogens (tertiary/aromatic N) is 1. The molecule has 1 aliphatic heterocycles. The van der Waals surface area contributed by atoms with Crippen molar-refractivity contribution in [3.05, 3.63) is 70.7 Å². The highest BCUT2D eigenvalue weighted by molar-refractivity contribution is 7.99. The summed E-state index contributed by atoms with van der Waals surface area (Å²) in [5.41, 5.74) is 1.83. The van der Waals surface area contributed by atoms with Crippen LogP contribution in [-0.2, 0) is 0 Å². The molecule has 1 fully saturated rings. The van der Waals surface area contributed by atoms with Crippen LogP contribution in [0.25, 0.3) is 0 Å². The Kier molecular flexibility index (Phi) is 3.99. The summed E-state index contributed by atoms with van der Waals surface area (Å²) in [6.07, 6.45) is 0. The zero-order valence-corrected chi connectivity index (χ0v) is 12.4. The van der Waals surface area contributed by atoms with Crippen LogP contribution in [0.4, 0.5) is 0 Å². The van der Waals surface area contributed by atoms with E-state index in [9.17, 15) is 4.79 Å². The molecule has 0 radical (unpaired) electrons. The van der Waals surface area contributed by atoms with Crippen molar-refractivity contribution in [1.82, 2.24) is 4.90 Å². The first kappa shape index (κ1) is 13.5. The van der Waals surface area contributed by atoms with Gasteiger partial charge in [-0.1, -0.05) is 41.9 Å². The van der Waals surface area contributed by atoms with Gasteiger partial charge in [-0.2, -0.15) is 0 Å². The molecule has 2 nitrogen and oxygen atoms in total. The average Bonchev–Trinajstić information content (AvgIpc) is 2.97. The molecule has 0 unspecified atom stereocenters. The Morgan fingerprint density at radius 1 is 1.15 bits per heavy atom. The van der Waals surface area contributed by atoms with Crippen LogP contribution in [-0.4, -0.2) is 23.1 Å². The fourth-order valence-corrected chi connectivity index (χ4v) is 3.81. The second kappa shape index (κ2) is 5.90. The van der Waals surface area contributed by atoms with E-state index >= 15 is 0 Å². The van der Waals surface area contributed by atoms with E-state index in [-0.39, 0.29) is 11.3 Å². The molecule has 0 saturated carbocycles. The lowest BCUT2D eigenvalue weighted by Gasteiger charge is -2.24. The number of rotatable bonds is 2. The highest BCUT2D eigenvalue weighted by Gasteiger charge is 2.31. The third-order valence-corrected chi connectivity index (χ3v) is 4.80. The van der Waals surface area contributed by atoms with Crippen LogP contribution in [0.5, 0.6) is 0 Å². The van der Waals surface area contributed by atoms with Crippen molar-refractivity contribution in [2.45, 2.75) is 5.37 Å². The lowest BCUT2D eigenvalue weighted by Crippen LogP contribution is -2.30. The molecule has 0 aromatic heterocycles. The molecule has 0 bridgehead atoms. The van der Waals surface area contributed by atoms with Gasteiger partial charge >= 0.3 is 0 Å². The number of carbonyl (C=O) groups excluding carboxylic acids is 1. The summed E-state index contributed by atoms with van der Waals surface area (Å²) < 4.78 is 0. The van der Waals surface area contributed by atoms with Crippen LogP contribution in [0.15, 0.2) is 54.6 Å². The maximum Gasteiger partial charge on any atom is 0.255 e. The van der Waals surface area contributed by atoms with Crippen LogP contribution in [0, 0.1) is 0 Å². The van der Waals surface area contributed by atoms with E-state index < -0.39 is 0 Å². The number of amides is 1. The topological polar surface area (TPSA) is 20.3 Å². The van der Waals surface area contributed by atoms with E-state index in [0.717, 1.165) is 23.4 Å². The van der Waals surface area contributed by atoms with Gasteiger partial charge < -0.3 is 4.90 Å². The van der Waals surface area contributed by atoms with Crippen molar-refractivity contribution in [1.29, 1.82) is 0 Å². The van der Waals surface area contributed by atoms with Gasteiger partial charge in [-0.3, -0.25) is 4.79 Å². The Labute approximate surface area is 127 Å². The van der Waals surface area contributed by atoms with Crippen molar-refractivity contribution in [3.63, 3.8) is 0 Å². The van der Waals surface area contributed by atoms with Gasteiger partial charge in [-0.15, -0.1) is 11.8 Å². The molecule has 0 spiro atoms. The first-order chi connectivity index (χ1) is 9.75. The van der Waals surface area contributed by atoms with Gasteiger partial charge in [0.2, 0.25) is 0 Å². The lowest BCUT2D eigenvalue weighted by atomic mass is 10.1. The second-order valence-corrected chi connectivity index (χ2v) is 6.27. The van der Waals surface area contributed by atoms with Crippen LogP contribution in [0.2, 0.25) is 5.02 Å². The fraction of sp³-hybridized carbons (Fsp3) is 0.188. The largest absolute Gasteiger partial charge is 0.322 e. The quantitative estimate of drug-likeness (QED) is 0.827. The van der Waals surface area contributed by atoms with Crippen molar-refractivity contribution >= 4 is 29.3 Å². The Morgan fingerprint density at radius 3 is 2.70 bits per heavy atom. The average molecular weight is 304 g/mol. The summed E-state index contributed by atoms with van der Waals surface area (Å²) in [6, 6.07) is 17.2. The number of benzene rings is 2. The van der Waals surface area contributed by atoms with Crippen molar-refractivity contribution in [3.8, 4) is 0 Å². The number of hydrogen-bond acceptors (Lipinski definition) is 2. The van der Waals surface area contributed by atoms with Crippen molar-refractivity contribution in [2.24, 2.45) is 0 Å². The third-order valence-electron chi connectivity index (χ3n) is 3.31. The summed E-state index contributed by atoms with van der Waals surface area (Å²) in [4.78, 5) is 14.5. The van der Waals surface area contributed by atoms with Crippen LogP contribution in [0.1, 0.15) is 21.3 Å². The summed E-state index contributed by atoms with van der Waals surface area (Å²) in [7, 11) is 0. The predicted molar refractivity (Wildman–Crippen MR) is 84.1 cm³/mol. The molecule has 1 atom stereocenters. The van der Waals surface area contributed by atoms with Gasteiger partial charge in [0.15, 0.2) is 0 Å². The Morgan fingerprint density at radius 2 is 1.95 bits per heavy atom. The zero-order valence-electron chi connectivity index (χ0n) is 10.8. The standard InChI is InChI=1S/C16H14ClNOS/c17-14-8-4-7-13(11-14)16-18(9-10-20-16)15(19)12-5-2-1-3-6-12/h1-8,11,16H,9-10H2/t16-/m0/s1. The normalized spacial score (nSPS) is 18.2. The van der Waals surface area contributed by atoms with Crippen molar-refractivity contribution < 1.29 is 4.79 Å². The molecule has 4 heteroatoms. The van der Waals surface area contributed by atoms with Gasteiger partial charge in [0.05, 0.1) is 0 Å². The molecule has 1 saturated heterocycles. The number of thioether (sulfide) groups is 1. The van der Waals surface area contributed by atoms with E-state index in [1.807, 2.05) is 59.5 Å². The Bertz CT molecular complexity index is 617. The summed E-state index contributed by atoms with van der Waals surface area (Å²) >= 11 is 7.84. The van der Waals surface area contributed by atoms with E-state index in [2.05, 4.69) is 0 Å². The minimum absolute atomic E-state index is 0.0569. The third kappa shape index (κ3) is 2.69. The summed E-state index contributed by atoms with van der Waals surface area (Å²) in [6.45, 7) is 0.773. The molecule has 2 aromatic carbocycles. The molecule has 1 amide bonds. The molecule has 3 rings (SSSR count). The molecule has 20 heavy (non-hydrogen) atoms. The summed E-state index contributed by atoms with van der Waals surface area (Å²) in [5, 5.41) is 0.767. The highest BCUT2D eigenvalue weighted by atomic mass is 35.5. The lowest BCUT2D eigenvalue weighted by molar-refractivity contribution is 0.0760. The van der Waals surface area contributed by atoms with E-state index in [1.54, 1.807) is 11.8 Å². The first-order valence-corrected chi connectivity index (χ1v) is 7.91. The predicted octanol–water partition coefficient (Wildman–Crippen LogP) is 4.23. The summed E-state index contributed by atoms with van der Waals surface area (Å²) in [5.74, 6) is 1.04. The Balaban J connectivity index is 1.88. The van der Waals surface area contributed by atoms with Gasteiger partial charge in [0.25, 0.3) is 5.91 Å². The SMILES string of the molecule is O=C(c1ccccc1)N1CCS[C@H]1c1cccc(Cl)c1. The molecule has 0 N–H and O–H groups in total. The van der Waals surface area contributed by atoms with Crippen LogP contribution < -0.4 is 0 Å². The fourth-order valence-electron chi connectivity index (χ4n) is 2.36. The number of hydrogen-bond donors (Lipinski definition) is 0. The first-order valence-electron chi connectivity index (χ1n) is 6.49. The molecule has 2 aromatic rings. The van der Waals surface area contributed by atoms with Gasteiger partial charge in [0, 0.05) is 22.9 Å². The Hall–Kier alpha value is -1.45. The number of halogens is 1. The maximum atomic E-state index is 12.6. The molecule has 102 valence electrons.